The summed E-state index contributed by atoms with van der Waals surface area (Å²) in [6, 6.07) is 21.7. The molecule has 3 aromatic rings. The number of aryl methyl sites for hydroxylation is 2. The van der Waals surface area contributed by atoms with Crippen LogP contribution in [0, 0.1) is 13.8 Å². The molecule has 3 aromatic carbocycles. The number of likely N-dealkylation sites (N-methyl/N-ethyl adjacent to an activating group) is 1. The number of amides is 2. The smallest absolute Gasteiger partial charge is 0.243 e. The standard InChI is InChI=1S/C31H38ClN3O4S/c1-5-33-31(37)29(21-25-12-7-6-8-13-25)34(22-26-14-9-10-15-27(26)32)30(36)16-11-19-35(40(4,38)39)28-20-23(2)17-18-24(28)3/h6-10,12-15,17-18,20,29H,5,11,16,19,21-22H2,1-4H3,(H,33,37). The Balaban J connectivity index is 1.89. The number of benzene rings is 3. The van der Waals surface area contributed by atoms with Crippen molar-refractivity contribution in [3.05, 3.63) is 100 Å². The first-order chi connectivity index (χ1) is 19.0. The van der Waals surface area contributed by atoms with E-state index in [4.69, 9.17) is 11.6 Å². The Morgan fingerprint density at radius 1 is 0.975 bits per heavy atom. The van der Waals surface area contributed by atoms with E-state index in [2.05, 4.69) is 5.32 Å². The van der Waals surface area contributed by atoms with Crippen LogP contribution in [0.15, 0.2) is 72.8 Å². The molecule has 214 valence electrons. The summed E-state index contributed by atoms with van der Waals surface area (Å²) in [6.45, 7) is 6.33. The minimum Gasteiger partial charge on any atom is -0.355 e. The van der Waals surface area contributed by atoms with E-state index in [9.17, 15) is 18.0 Å². The number of hydrogen-bond acceptors (Lipinski definition) is 4. The van der Waals surface area contributed by atoms with Crippen LogP contribution in [0.3, 0.4) is 0 Å². The van der Waals surface area contributed by atoms with Crippen molar-refractivity contribution in [1.29, 1.82) is 0 Å². The van der Waals surface area contributed by atoms with E-state index in [-0.39, 0.29) is 37.7 Å². The Morgan fingerprint density at radius 2 is 1.65 bits per heavy atom. The van der Waals surface area contributed by atoms with Crippen molar-refractivity contribution >= 4 is 39.1 Å². The molecule has 0 aliphatic rings. The van der Waals surface area contributed by atoms with Gasteiger partial charge in [0, 0.05) is 37.5 Å². The molecule has 0 bridgehead atoms. The Morgan fingerprint density at radius 3 is 2.30 bits per heavy atom. The highest BCUT2D eigenvalue weighted by Gasteiger charge is 2.30. The molecule has 0 radical (unpaired) electrons. The average Bonchev–Trinajstić information content (AvgIpc) is 2.91. The number of anilines is 1. The van der Waals surface area contributed by atoms with E-state index in [1.807, 2.05) is 87.5 Å². The van der Waals surface area contributed by atoms with E-state index in [0.717, 1.165) is 22.3 Å². The zero-order valence-electron chi connectivity index (χ0n) is 23.6. The van der Waals surface area contributed by atoms with E-state index in [0.29, 0.717) is 23.7 Å². The second-order valence-corrected chi connectivity index (χ2v) is 12.3. The lowest BCUT2D eigenvalue weighted by Gasteiger charge is -2.32. The lowest BCUT2D eigenvalue weighted by atomic mass is 10.0. The topological polar surface area (TPSA) is 86.8 Å². The zero-order chi connectivity index (χ0) is 29.3. The Labute approximate surface area is 243 Å². The summed E-state index contributed by atoms with van der Waals surface area (Å²) in [4.78, 5) is 28.7. The monoisotopic (exact) mass is 583 g/mol. The van der Waals surface area contributed by atoms with Crippen LogP contribution in [-0.2, 0) is 32.6 Å². The minimum absolute atomic E-state index is 0.0615. The van der Waals surface area contributed by atoms with Gasteiger partial charge in [0.25, 0.3) is 0 Å². The summed E-state index contributed by atoms with van der Waals surface area (Å²) in [5.74, 6) is -0.499. The van der Waals surface area contributed by atoms with Gasteiger partial charge < -0.3 is 10.2 Å². The van der Waals surface area contributed by atoms with Gasteiger partial charge in [-0.1, -0.05) is 72.3 Å². The van der Waals surface area contributed by atoms with E-state index >= 15 is 0 Å². The second kappa shape index (κ2) is 14.3. The fourth-order valence-corrected chi connectivity index (χ4v) is 5.84. The molecule has 0 heterocycles. The molecule has 0 saturated carbocycles. The summed E-state index contributed by atoms with van der Waals surface area (Å²) >= 11 is 6.46. The SMILES string of the molecule is CCNC(=O)C(Cc1ccccc1)N(Cc1ccccc1Cl)C(=O)CCCN(c1cc(C)ccc1C)S(C)(=O)=O. The molecule has 3 rings (SSSR count). The van der Waals surface area contributed by atoms with Gasteiger partial charge in [-0.25, -0.2) is 8.42 Å². The van der Waals surface area contributed by atoms with E-state index < -0.39 is 16.1 Å². The fraction of sp³-hybridized carbons (Fsp3) is 0.355. The highest BCUT2D eigenvalue weighted by molar-refractivity contribution is 7.92. The summed E-state index contributed by atoms with van der Waals surface area (Å²) in [5.41, 5.74) is 4.04. The summed E-state index contributed by atoms with van der Waals surface area (Å²) in [7, 11) is -3.58. The highest BCUT2D eigenvalue weighted by atomic mass is 35.5. The van der Waals surface area contributed by atoms with Crippen molar-refractivity contribution in [2.75, 3.05) is 23.7 Å². The molecule has 40 heavy (non-hydrogen) atoms. The van der Waals surface area contributed by atoms with Gasteiger partial charge in [-0.3, -0.25) is 13.9 Å². The molecule has 1 unspecified atom stereocenters. The maximum atomic E-state index is 13.8. The van der Waals surface area contributed by atoms with E-state index in [1.54, 1.807) is 11.0 Å². The number of halogens is 1. The van der Waals surface area contributed by atoms with Crippen LogP contribution in [0.4, 0.5) is 5.69 Å². The van der Waals surface area contributed by atoms with Crippen molar-refractivity contribution < 1.29 is 18.0 Å². The molecule has 0 fully saturated rings. The molecule has 1 N–H and O–H groups in total. The fourth-order valence-electron chi connectivity index (χ4n) is 4.63. The molecule has 9 heteroatoms. The van der Waals surface area contributed by atoms with Crippen LogP contribution in [0.1, 0.15) is 42.0 Å². The third-order valence-corrected chi connectivity index (χ3v) is 8.25. The van der Waals surface area contributed by atoms with Crippen molar-refractivity contribution in [3.8, 4) is 0 Å². The predicted molar refractivity (Wildman–Crippen MR) is 162 cm³/mol. The van der Waals surface area contributed by atoms with Crippen molar-refractivity contribution in [2.45, 2.75) is 52.6 Å². The van der Waals surface area contributed by atoms with Gasteiger partial charge >= 0.3 is 0 Å². The molecular formula is C31H38ClN3O4S. The molecule has 0 aliphatic carbocycles. The second-order valence-electron chi connectivity index (χ2n) is 9.94. The molecule has 0 saturated heterocycles. The minimum atomic E-state index is -3.58. The number of carbonyl (C=O) groups excluding carboxylic acids is 2. The molecular weight excluding hydrogens is 546 g/mol. The Hall–Kier alpha value is -3.36. The van der Waals surface area contributed by atoms with Gasteiger partial charge in [0.05, 0.1) is 11.9 Å². The van der Waals surface area contributed by atoms with Gasteiger partial charge in [-0.2, -0.15) is 0 Å². The normalized spacial score (nSPS) is 12.0. The van der Waals surface area contributed by atoms with Crippen LogP contribution in [0.2, 0.25) is 5.02 Å². The van der Waals surface area contributed by atoms with Gasteiger partial charge in [0.2, 0.25) is 21.8 Å². The lowest BCUT2D eigenvalue weighted by molar-refractivity contribution is -0.141. The Kier molecular flexibility index (Phi) is 11.2. The van der Waals surface area contributed by atoms with Gasteiger partial charge in [0.15, 0.2) is 0 Å². The van der Waals surface area contributed by atoms with Crippen LogP contribution in [0.25, 0.3) is 0 Å². The maximum Gasteiger partial charge on any atom is 0.243 e. The third kappa shape index (κ3) is 8.57. The quantitative estimate of drug-likeness (QED) is 0.297. The first-order valence-corrected chi connectivity index (χ1v) is 15.6. The van der Waals surface area contributed by atoms with Gasteiger partial charge in [-0.15, -0.1) is 0 Å². The maximum absolute atomic E-state index is 13.8. The van der Waals surface area contributed by atoms with Crippen molar-refractivity contribution in [1.82, 2.24) is 10.2 Å². The van der Waals surface area contributed by atoms with Crippen LogP contribution in [0.5, 0.6) is 0 Å². The van der Waals surface area contributed by atoms with Crippen LogP contribution >= 0.6 is 11.6 Å². The number of rotatable bonds is 13. The number of sulfonamides is 1. The first-order valence-electron chi connectivity index (χ1n) is 13.4. The third-order valence-electron chi connectivity index (χ3n) is 6.71. The number of carbonyl (C=O) groups is 2. The largest absolute Gasteiger partial charge is 0.355 e. The highest BCUT2D eigenvalue weighted by Crippen LogP contribution is 2.25. The molecule has 7 nitrogen and oxygen atoms in total. The molecule has 0 aliphatic heterocycles. The predicted octanol–water partition coefficient (Wildman–Crippen LogP) is 5.28. The molecule has 0 spiro atoms. The summed E-state index contributed by atoms with van der Waals surface area (Å²) in [6.07, 6.45) is 1.85. The zero-order valence-corrected chi connectivity index (χ0v) is 25.1. The number of hydrogen-bond donors (Lipinski definition) is 1. The van der Waals surface area contributed by atoms with Gasteiger partial charge in [0.1, 0.15) is 6.04 Å². The Bertz CT molecular complexity index is 1410. The summed E-state index contributed by atoms with van der Waals surface area (Å²) < 4.78 is 26.8. The van der Waals surface area contributed by atoms with Crippen LogP contribution in [-0.4, -0.2) is 50.5 Å². The van der Waals surface area contributed by atoms with E-state index in [1.165, 1.54) is 10.6 Å². The molecule has 0 aromatic heterocycles. The summed E-state index contributed by atoms with van der Waals surface area (Å²) in [5, 5.41) is 3.38. The number of nitrogens with one attached hydrogen (secondary N) is 1. The number of nitrogens with zero attached hydrogens (tertiary/aromatic N) is 2. The van der Waals surface area contributed by atoms with Gasteiger partial charge in [-0.05, 0) is 61.6 Å². The van der Waals surface area contributed by atoms with Crippen LogP contribution < -0.4 is 9.62 Å². The molecule has 2 amide bonds. The molecule has 1 atom stereocenters. The first kappa shape index (κ1) is 31.2. The lowest BCUT2D eigenvalue weighted by Crippen LogP contribution is -2.50. The average molecular weight is 584 g/mol. The van der Waals surface area contributed by atoms with Crippen molar-refractivity contribution in [2.24, 2.45) is 0 Å². The van der Waals surface area contributed by atoms with Crippen molar-refractivity contribution in [3.63, 3.8) is 0 Å².